The first-order valence-corrected chi connectivity index (χ1v) is 9.03. The number of carbonyl (C=O) groups excluding carboxylic acids is 1. The molecule has 2 N–H and O–H groups in total. The molecule has 0 fully saturated rings. The number of rotatable bonds is 4. The second-order valence-corrected chi connectivity index (χ2v) is 7.09. The molecule has 7 heteroatoms. The Morgan fingerprint density at radius 2 is 2.15 bits per heavy atom. The van der Waals surface area contributed by atoms with Gasteiger partial charge in [0.2, 0.25) is 0 Å². The normalized spacial score (nSPS) is 11.5. The maximum Gasteiger partial charge on any atom is 0.268 e. The van der Waals surface area contributed by atoms with E-state index in [1.54, 1.807) is 16.7 Å². The smallest absolute Gasteiger partial charge is 0.268 e. The molecule has 0 atom stereocenters. The van der Waals surface area contributed by atoms with Gasteiger partial charge in [0.15, 0.2) is 10.3 Å². The van der Waals surface area contributed by atoms with Crippen molar-refractivity contribution in [3.05, 3.63) is 57.8 Å². The molecule has 0 aliphatic carbocycles. The van der Waals surface area contributed by atoms with Crippen molar-refractivity contribution in [1.82, 2.24) is 14.9 Å². The summed E-state index contributed by atoms with van der Waals surface area (Å²) >= 11 is 3.28. The predicted octanol–water partition coefficient (Wildman–Crippen LogP) is 4.44. The average molecular weight is 418 g/mol. The van der Waals surface area contributed by atoms with Gasteiger partial charge in [-0.15, -0.1) is 0 Å². The third-order valence-corrected chi connectivity index (χ3v) is 5.07. The number of fused-ring (bicyclic) bond motifs is 2. The van der Waals surface area contributed by atoms with Crippen LogP contribution in [0.5, 0.6) is 0 Å². The van der Waals surface area contributed by atoms with Crippen molar-refractivity contribution in [3.63, 3.8) is 0 Å². The lowest BCUT2D eigenvalue weighted by atomic mass is 10.1. The Morgan fingerprint density at radius 1 is 1.35 bits per heavy atom. The minimum atomic E-state index is -0.265. The van der Waals surface area contributed by atoms with E-state index in [0.717, 1.165) is 27.7 Å². The molecule has 0 saturated heterocycles. The lowest BCUT2D eigenvalue weighted by molar-refractivity contribution is 0.0946. The summed E-state index contributed by atoms with van der Waals surface area (Å²) in [6.07, 6.45) is 0.618. The van der Waals surface area contributed by atoms with E-state index in [-0.39, 0.29) is 11.7 Å². The predicted molar refractivity (Wildman–Crippen MR) is 102 cm³/mol. The van der Waals surface area contributed by atoms with Gasteiger partial charge in [-0.05, 0) is 53.0 Å². The first-order valence-electron chi connectivity index (χ1n) is 8.23. The zero-order valence-corrected chi connectivity index (χ0v) is 15.9. The number of aromatic nitrogens is 2. The van der Waals surface area contributed by atoms with Crippen molar-refractivity contribution < 1.29 is 13.6 Å². The Labute approximate surface area is 157 Å². The second-order valence-electron chi connectivity index (χ2n) is 6.31. The van der Waals surface area contributed by atoms with E-state index in [2.05, 4.69) is 26.2 Å². The zero-order valence-electron chi connectivity index (χ0n) is 14.3. The minimum Gasteiger partial charge on any atom is -0.448 e. The Bertz CT molecular complexity index is 1140. The number of hydrogen-bond acceptors (Lipinski definition) is 2. The highest BCUT2D eigenvalue weighted by Gasteiger charge is 2.16. The van der Waals surface area contributed by atoms with E-state index in [9.17, 15) is 9.18 Å². The Kier molecular flexibility index (Phi) is 4.11. The first-order chi connectivity index (χ1) is 12.4. The molecular formula is C19H17BrFN3O2. The molecule has 4 rings (SSSR count). The van der Waals surface area contributed by atoms with Gasteiger partial charge in [0, 0.05) is 42.3 Å². The van der Waals surface area contributed by atoms with Gasteiger partial charge in [0.1, 0.15) is 11.5 Å². The largest absolute Gasteiger partial charge is 0.448 e. The molecule has 134 valence electrons. The minimum absolute atomic E-state index is 0.168. The van der Waals surface area contributed by atoms with E-state index >= 15 is 0 Å². The first kappa shape index (κ1) is 16.9. The summed E-state index contributed by atoms with van der Waals surface area (Å²) in [7, 11) is 1.83. The highest BCUT2D eigenvalue weighted by molar-refractivity contribution is 9.10. The van der Waals surface area contributed by atoms with E-state index in [1.807, 2.05) is 20.0 Å². The summed E-state index contributed by atoms with van der Waals surface area (Å²) in [6.45, 7) is 2.41. The van der Waals surface area contributed by atoms with Crippen molar-refractivity contribution in [2.45, 2.75) is 13.3 Å². The maximum absolute atomic E-state index is 13.5. The van der Waals surface area contributed by atoms with Crippen LogP contribution in [0.1, 0.15) is 21.7 Å². The summed E-state index contributed by atoms with van der Waals surface area (Å²) < 4.78 is 21.5. The van der Waals surface area contributed by atoms with Gasteiger partial charge >= 0.3 is 0 Å². The van der Waals surface area contributed by atoms with Crippen molar-refractivity contribution in [2.75, 3.05) is 6.54 Å². The fraction of sp³-hybridized carbons (Fsp3) is 0.211. The van der Waals surface area contributed by atoms with Crippen molar-refractivity contribution in [3.8, 4) is 0 Å². The molecule has 0 radical (unpaired) electrons. The van der Waals surface area contributed by atoms with Crippen LogP contribution >= 0.6 is 15.9 Å². The summed E-state index contributed by atoms with van der Waals surface area (Å²) in [6, 6.07) is 8.25. The number of amides is 1. The average Bonchev–Trinajstić information content (AvgIpc) is 3.20. The molecule has 0 aliphatic heterocycles. The summed E-state index contributed by atoms with van der Waals surface area (Å²) in [5, 5.41) is 3.79. The van der Waals surface area contributed by atoms with Gasteiger partial charge in [-0.2, -0.15) is 0 Å². The number of benzene rings is 1. The molecular weight excluding hydrogens is 401 g/mol. The number of hydrogen-bond donors (Lipinski definition) is 2. The van der Waals surface area contributed by atoms with Crippen molar-refractivity contribution in [2.24, 2.45) is 7.05 Å². The van der Waals surface area contributed by atoms with Gasteiger partial charge in [-0.1, -0.05) is 0 Å². The number of aryl methyl sites for hydroxylation is 2. The van der Waals surface area contributed by atoms with Crippen molar-refractivity contribution in [1.29, 1.82) is 0 Å². The van der Waals surface area contributed by atoms with E-state index < -0.39 is 0 Å². The zero-order chi connectivity index (χ0) is 18.4. The molecule has 0 saturated carbocycles. The molecule has 0 bridgehead atoms. The maximum atomic E-state index is 13.5. The molecule has 3 heterocycles. The summed E-state index contributed by atoms with van der Waals surface area (Å²) in [5.41, 5.74) is 4.95. The van der Waals surface area contributed by atoms with Crippen LogP contribution in [0.15, 0.2) is 39.4 Å². The number of nitrogens with one attached hydrogen (secondary N) is 2. The molecule has 3 aromatic heterocycles. The standard InChI is InChI=1S/C19H17BrFN3O2/c1-10-12(13-7-11(21)3-4-14(13)23-10)5-6-22-19(25)16-8-17-15(24(16)2)9-18(20)26-17/h3-4,7-9,23H,5-6H2,1-2H3,(H,22,25). The van der Waals surface area contributed by atoms with Gasteiger partial charge < -0.3 is 19.3 Å². The van der Waals surface area contributed by atoms with Crippen LogP contribution in [-0.2, 0) is 13.5 Å². The molecule has 4 aromatic rings. The van der Waals surface area contributed by atoms with Gasteiger partial charge in [-0.3, -0.25) is 4.79 Å². The van der Waals surface area contributed by atoms with Crippen LogP contribution in [-0.4, -0.2) is 22.0 Å². The lowest BCUT2D eigenvalue weighted by Gasteiger charge is -2.07. The second kappa shape index (κ2) is 6.32. The number of aromatic amines is 1. The fourth-order valence-corrected chi connectivity index (χ4v) is 3.76. The topological polar surface area (TPSA) is 63.0 Å². The van der Waals surface area contributed by atoms with Gasteiger partial charge in [0.05, 0.1) is 5.52 Å². The Balaban J connectivity index is 1.50. The number of H-pyrrole nitrogens is 1. The molecule has 5 nitrogen and oxygen atoms in total. The number of furan rings is 1. The number of nitrogens with zero attached hydrogens (tertiary/aromatic N) is 1. The molecule has 0 spiro atoms. The third kappa shape index (κ3) is 2.82. The molecule has 1 aromatic carbocycles. The van der Waals surface area contributed by atoms with Crippen molar-refractivity contribution >= 4 is 43.8 Å². The monoisotopic (exact) mass is 417 g/mol. The van der Waals surface area contributed by atoms with Crippen LogP contribution < -0.4 is 5.32 Å². The molecule has 1 amide bonds. The number of carbonyl (C=O) groups is 1. The number of halogens is 2. The van der Waals surface area contributed by atoms with E-state index in [1.165, 1.54) is 12.1 Å². The third-order valence-electron chi connectivity index (χ3n) is 4.68. The lowest BCUT2D eigenvalue weighted by Crippen LogP contribution is -2.27. The molecule has 26 heavy (non-hydrogen) atoms. The highest BCUT2D eigenvalue weighted by Crippen LogP contribution is 2.26. The van der Waals surface area contributed by atoms with Gasteiger partial charge in [-0.25, -0.2) is 4.39 Å². The summed E-state index contributed by atoms with van der Waals surface area (Å²) in [4.78, 5) is 15.7. The Hall–Kier alpha value is -2.54. The van der Waals surface area contributed by atoms with Crippen LogP contribution in [0.4, 0.5) is 4.39 Å². The van der Waals surface area contributed by atoms with E-state index in [0.29, 0.717) is 28.9 Å². The molecule has 0 aliphatic rings. The van der Waals surface area contributed by atoms with Gasteiger partial charge in [0.25, 0.3) is 5.91 Å². The van der Waals surface area contributed by atoms with Crippen LogP contribution in [0.3, 0.4) is 0 Å². The molecule has 0 unspecified atom stereocenters. The summed E-state index contributed by atoms with van der Waals surface area (Å²) in [5.74, 6) is -0.432. The Morgan fingerprint density at radius 3 is 2.92 bits per heavy atom. The van der Waals surface area contributed by atoms with E-state index in [4.69, 9.17) is 4.42 Å². The van der Waals surface area contributed by atoms with Crippen LogP contribution in [0, 0.1) is 12.7 Å². The van der Waals surface area contributed by atoms with Crippen LogP contribution in [0.2, 0.25) is 0 Å². The highest BCUT2D eigenvalue weighted by atomic mass is 79.9. The van der Waals surface area contributed by atoms with Crippen LogP contribution in [0.25, 0.3) is 22.0 Å². The SMILES string of the molecule is Cc1[nH]c2ccc(F)cc2c1CCNC(=O)c1cc2oc(Br)cc2n1C. The quantitative estimate of drug-likeness (QED) is 0.515. The fourth-order valence-electron chi connectivity index (χ4n) is 3.37.